The Morgan fingerprint density at radius 1 is 1.22 bits per heavy atom. The molecule has 1 atom stereocenters. The van der Waals surface area contributed by atoms with Gasteiger partial charge in [0.05, 0.1) is 28.2 Å². The van der Waals surface area contributed by atoms with Gasteiger partial charge in [0.15, 0.2) is 9.84 Å². The first-order valence-corrected chi connectivity index (χ1v) is 9.35. The molecule has 0 aliphatic rings. The fraction of sp³-hybridized carbons (Fsp3) is 0.438. The zero-order valence-corrected chi connectivity index (χ0v) is 14.4. The highest BCUT2D eigenvalue weighted by Gasteiger charge is 2.20. The largest absolute Gasteiger partial charge is 0.353 e. The molecule has 1 N–H and O–H groups in total. The molecule has 1 aromatic carbocycles. The van der Waals surface area contributed by atoms with Crippen molar-refractivity contribution in [1.82, 2.24) is 15.3 Å². The van der Waals surface area contributed by atoms with Gasteiger partial charge < -0.3 is 5.32 Å². The number of aromatic nitrogens is 2. The molecular formula is C16H21N3O3S. The maximum absolute atomic E-state index is 12.2. The Hall–Kier alpha value is -2.02. The number of nitrogens with zero attached hydrogens (tertiary/aromatic N) is 2. The number of nitrogens with one attached hydrogen (secondary N) is 1. The predicted molar refractivity (Wildman–Crippen MR) is 89.7 cm³/mol. The molecule has 0 saturated carbocycles. The first-order chi connectivity index (χ1) is 10.8. The van der Waals surface area contributed by atoms with Crippen LogP contribution in [0.15, 0.2) is 24.3 Å². The molecule has 2 rings (SSSR count). The molecule has 2 aromatic rings. The molecule has 0 bridgehead atoms. The zero-order chi connectivity index (χ0) is 17.0. The van der Waals surface area contributed by atoms with Crippen LogP contribution in [0, 0.1) is 6.92 Å². The monoisotopic (exact) mass is 335 g/mol. The number of hydrogen-bond acceptors (Lipinski definition) is 5. The van der Waals surface area contributed by atoms with Gasteiger partial charge in [-0.25, -0.2) is 18.4 Å². The van der Waals surface area contributed by atoms with Crippen molar-refractivity contribution >= 4 is 26.8 Å². The van der Waals surface area contributed by atoms with Crippen LogP contribution in [0.3, 0.4) is 0 Å². The average molecular weight is 335 g/mol. The second-order valence-electron chi connectivity index (χ2n) is 5.65. The van der Waals surface area contributed by atoms with Crippen LogP contribution in [0.5, 0.6) is 0 Å². The standard InChI is InChI=1S/C16H21N3O3S/c1-4-11(2)17-16(20)10-23(21,22)9-15-12(3)18-13-7-5-6-8-14(13)19-15/h5-8,11H,4,9-10H2,1-3H3,(H,17,20). The molecule has 1 unspecified atom stereocenters. The lowest BCUT2D eigenvalue weighted by molar-refractivity contribution is -0.119. The van der Waals surface area contributed by atoms with Crippen molar-refractivity contribution in [3.8, 4) is 0 Å². The maximum Gasteiger partial charge on any atom is 0.235 e. The van der Waals surface area contributed by atoms with Crippen LogP contribution in [0.25, 0.3) is 11.0 Å². The molecular weight excluding hydrogens is 314 g/mol. The number of para-hydroxylation sites is 2. The minimum absolute atomic E-state index is 0.0418. The highest BCUT2D eigenvalue weighted by molar-refractivity contribution is 7.91. The van der Waals surface area contributed by atoms with Crippen LogP contribution in [-0.2, 0) is 20.4 Å². The summed E-state index contributed by atoms with van der Waals surface area (Å²) in [6.07, 6.45) is 0.751. The first kappa shape index (κ1) is 17.3. The molecule has 7 heteroatoms. The lowest BCUT2D eigenvalue weighted by Crippen LogP contribution is -2.36. The van der Waals surface area contributed by atoms with Crippen LogP contribution in [0.1, 0.15) is 31.7 Å². The molecule has 0 fully saturated rings. The van der Waals surface area contributed by atoms with Crippen LogP contribution in [0.2, 0.25) is 0 Å². The van der Waals surface area contributed by atoms with E-state index < -0.39 is 21.5 Å². The minimum atomic E-state index is -3.59. The molecule has 0 aliphatic heterocycles. The van der Waals surface area contributed by atoms with Gasteiger partial charge in [-0.05, 0) is 32.4 Å². The van der Waals surface area contributed by atoms with E-state index in [9.17, 15) is 13.2 Å². The van der Waals surface area contributed by atoms with Crippen molar-refractivity contribution in [3.63, 3.8) is 0 Å². The van der Waals surface area contributed by atoms with Gasteiger partial charge in [0.2, 0.25) is 5.91 Å². The Balaban J connectivity index is 2.17. The summed E-state index contributed by atoms with van der Waals surface area (Å²) in [5.41, 5.74) is 2.32. The molecule has 0 saturated heterocycles. The van der Waals surface area contributed by atoms with Gasteiger partial charge in [0.25, 0.3) is 0 Å². The third-order valence-corrected chi connectivity index (χ3v) is 4.99. The summed E-state index contributed by atoms with van der Waals surface area (Å²) in [5.74, 6) is -1.30. The smallest absolute Gasteiger partial charge is 0.235 e. The van der Waals surface area contributed by atoms with E-state index in [0.717, 1.165) is 11.9 Å². The van der Waals surface area contributed by atoms with Crippen LogP contribution >= 0.6 is 0 Å². The summed E-state index contributed by atoms with van der Waals surface area (Å²) in [6, 6.07) is 7.25. The van der Waals surface area contributed by atoms with Crippen LogP contribution < -0.4 is 5.32 Å². The van der Waals surface area contributed by atoms with Crippen LogP contribution in [-0.4, -0.2) is 36.1 Å². The highest BCUT2D eigenvalue weighted by atomic mass is 32.2. The molecule has 0 spiro atoms. The molecule has 1 aromatic heterocycles. The summed E-state index contributed by atoms with van der Waals surface area (Å²) in [5, 5.41) is 2.66. The van der Waals surface area contributed by atoms with E-state index in [-0.39, 0.29) is 11.8 Å². The van der Waals surface area contributed by atoms with E-state index in [1.165, 1.54) is 0 Å². The molecule has 0 radical (unpaired) electrons. The molecule has 1 amide bonds. The van der Waals surface area contributed by atoms with Crippen molar-refractivity contribution in [2.24, 2.45) is 0 Å². The minimum Gasteiger partial charge on any atom is -0.353 e. The SMILES string of the molecule is CCC(C)NC(=O)CS(=O)(=O)Cc1nc2ccccc2nc1C. The number of amides is 1. The number of benzene rings is 1. The lowest BCUT2D eigenvalue weighted by Gasteiger charge is -2.12. The third kappa shape index (κ3) is 4.72. The topological polar surface area (TPSA) is 89.0 Å². The third-order valence-electron chi connectivity index (χ3n) is 3.57. The van der Waals surface area contributed by atoms with E-state index in [0.29, 0.717) is 16.9 Å². The van der Waals surface area contributed by atoms with Gasteiger partial charge in [0.1, 0.15) is 5.75 Å². The Morgan fingerprint density at radius 3 is 2.43 bits per heavy atom. The summed E-state index contributed by atoms with van der Waals surface area (Å²) in [4.78, 5) is 20.5. The summed E-state index contributed by atoms with van der Waals surface area (Å²) >= 11 is 0. The van der Waals surface area contributed by atoms with E-state index in [1.807, 2.05) is 32.0 Å². The Kier molecular flexibility index (Phi) is 5.30. The number of carbonyl (C=O) groups excluding carboxylic acids is 1. The van der Waals surface area contributed by atoms with E-state index in [1.54, 1.807) is 13.0 Å². The molecule has 0 aliphatic carbocycles. The Labute approximate surface area is 136 Å². The van der Waals surface area contributed by atoms with Crippen molar-refractivity contribution < 1.29 is 13.2 Å². The Morgan fingerprint density at radius 2 is 1.83 bits per heavy atom. The number of hydrogen-bond donors (Lipinski definition) is 1. The van der Waals surface area contributed by atoms with Gasteiger partial charge in [-0.1, -0.05) is 19.1 Å². The summed E-state index contributed by atoms with van der Waals surface area (Å²) in [6.45, 7) is 5.49. The fourth-order valence-corrected chi connectivity index (χ4v) is 3.41. The second-order valence-corrected chi connectivity index (χ2v) is 7.72. The number of carbonyl (C=O) groups is 1. The number of aryl methyl sites for hydroxylation is 1. The van der Waals surface area contributed by atoms with Crippen LogP contribution in [0.4, 0.5) is 0 Å². The Bertz CT molecular complexity index is 818. The van der Waals surface area contributed by atoms with Crippen molar-refractivity contribution in [3.05, 3.63) is 35.7 Å². The maximum atomic E-state index is 12.2. The van der Waals surface area contributed by atoms with E-state index >= 15 is 0 Å². The van der Waals surface area contributed by atoms with Crippen molar-refractivity contribution in [2.75, 3.05) is 5.75 Å². The molecule has 1 heterocycles. The molecule has 23 heavy (non-hydrogen) atoms. The lowest BCUT2D eigenvalue weighted by atomic mass is 10.2. The van der Waals surface area contributed by atoms with Crippen molar-refractivity contribution in [2.45, 2.75) is 39.0 Å². The summed E-state index contributed by atoms with van der Waals surface area (Å²) in [7, 11) is -3.59. The second kappa shape index (κ2) is 7.04. The quantitative estimate of drug-likeness (QED) is 0.869. The number of sulfone groups is 1. The van der Waals surface area contributed by atoms with E-state index in [4.69, 9.17) is 0 Å². The average Bonchev–Trinajstić information content (AvgIpc) is 2.46. The van der Waals surface area contributed by atoms with Gasteiger partial charge in [-0.3, -0.25) is 4.79 Å². The molecule has 6 nitrogen and oxygen atoms in total. The fourth-order valence-electron chi connectivity index (χ4n) is 2.14. The van der Waals surface area contributed by atoms with Gasteiger partial charge in [-0.2, -0.15) is 0 Å². The first-order valence-electron chi connectivity index (χ1n) is 7.53. The van der Waals surface area contributed by atoms with Gasteiger partial charge in [0, 0.05) is 6.04 Å². The number of fused-ring (bicyclic) bond motifs is 1. The van der Waals surface area contributed by atoms with E-state index in [2.05, 4.69) is 15.3 Å². The van der Waals surface area contributed by atoms with Gasteiger partial charge in [-0.15, -0.1) is 0 Å². The molecule has 124 valence electrons. The van der Waals surface area contributed by atoms with Gasteiger partial charge >= 0.3 is 0 Å². The normalized spacial score (nSPS) is 13.0. The zero-order valence-electron chi connectivity index (χ0n) is 13.5. The summed E-state index contributed by atoms with van der Waals surface area (Å²) < 4.78 is 24.5. The predicted octanol–water partition coefficient (Wildman–Crippen LogP) is 1.77. The highest BCUT2D eigenvalue weighted by Crippen LogP contribution is 2.14. The number of rotatable bonds is 6. The van der Waals surface area contributed by atoms with Crippen molar-refractivity contribution in [1.29, 1.82) is 0 Å².